The number of hydrogen-bond acceptors (Lipinski definition) is 2. The predicted octanol–water partition coefficient (Wildman–Crippen LogP) is 2.81. The van der Waals surface area contributed by atoms with Gasteiger partial charge in [-0.25, -0.2) is 0 Å². The van der Waals surface area contributed by atoms with Crippen LogP contribution in [0.1, 0.15) is 46.5 Å². The number of rotatable bonds is 4. The molecule has 0 saturated heterocycles. The molecule has 2 nitrogen and oxygen atoms in total. The van der Waals surface area contributed by atoms with E-state index in [4.69, 9.17) is 10.5 Å². The van der Waals surface area contributed by atoms with Crippen molar-refractivity contribution in [3.05, 3.63) is 0 Å². The first-order valence-electron chi connectivity index (χ1n) is 6.29. The molecule has 1 rings (SSSR count). The third-order valence-corrected chi connectivity index (χ3v) is 4.06. The highest BCUT2D eigenvalue weighted by molar-refractivity contribution is 4.93. The van der Waals surface area contributed by atoms with Crippen LogP contribution in [-0.2, 0) is 4.74 Å². The molecule has 0 aromatic heterocycles. The Hall–Kier alpha value is -0.0800. The number of ether oxygens (including phenoxy) is 1. The highest BCUT2D eigenvalue weighted by Crippen LogP contribution is 2.39. The summed E-state index contributed by atoms with van der Waals surface area (Å²) in [5.41, 5.74) is 6.38. The first-order chi connectivity index (χ1) is 7.01. The average molecular weight is 213 g/mol. The van der Waals surface area contributed by atoms with Gasteiger partial charge in [0.25, 0.3) is 0 Å². The Morgan fingerprint density at radius 1 is 1.20 bits per heavy atom. The fraction of sp³-hybridized carbons (Fsp3) is 1.00. The zero-order valence-corrected chi connectivity index (χ0v) is 10.8. The van der Waals surface area contributed by atoms with Gasteiger partial charge in [-0.05, 0) is 43.4 Å². The van der Waals surface area contributed by atoms with Crippen molar-refractivity contribution in [1.82, 2.24) is 0 Å². The Kier molecular flexibility index (Phi) is 4.60. The van der Waals surface area contributed by atoms with Crippen LogP contribution in [0.5, 0.6) is 0 Å². The van der Waals surface area contributed by atoms with Crippen LogP contribution in [0.25, 0.3) is 0 Å². The van der Waals surface area contributed by atoms with Gasteiger partial charge in [-0.3, -0.25) is 0 Å². The lowest BCUT2D eigenvalue weighted by molar-refractivity contribution is 0.0541. The summed E-state index contributed by atoms with van der Waals surface area (Å²) in [5.74, 6) is 2.29. The lowest BCUT2D eigenvalue weighted by Crippen LogP contribution is -2.52. The molecule has 90 valence electrons. The van der Waals surface area contributed by atoms with E-state index in [-0.39, 0.29) is 5.54 Å². The van der Waals surface area contributed by atoms with Gasteiger partial charge in [0.15, 0.2) is 0 Å². The van der Waals surface area contributed by atoms with Gasteiger partial charge in [-0.1, -0.05) is 20.8 Å². The van der Waals surface area contributed by atoms with E-state index in [9.17, 15) is 0 Å². The topological polar surface area (TPSA) is 35.2 Å². The van der Waals surface area contributed by atoms with Crippen LogP contribution in [0.15, 0.2) is 0 Å². The maximum absolute atomic E-state index is 6.48. The largest absolute Gasteiger partial charge is 0.383 e. The molecule has 0 bridgehead atoms. The molecular weight excluding hydrogens is 186 g/mol. The Morgan fingerprint density at radius 3 is 2.13 bits per heavy atom. The molecule has 2 N–H and O–H groups in total. The van der Waals surface area contributed by atoms with Gasteiger partial charge in [0.1, 0.15) is 0 Å². The van der Waals surface area contributed by atoms with Gasteiger partial charge >= 0.3 is 0 Å². The molecule has 0 aliphatic heterocycles. The van der Waals surface area contributed by atoms with E-state index in [1.165, 1.54) is 19.3 Å². The summed E-state index contributed by atoms with van der Waals surface area (Å²) < 4.78 is 5.30. The minimum atomic E-state index is -0.0995. The third kappa shape index (κ3) is 3.18. The molecule has 0 aromatic carbocycles. The Bertz CT molecular complexity index is 185. The summed E-state index contributed by atoms with van der Waals surface area (Å²) in [7, 11) is 1.76. The molecule has 3 unspecified atom stereocenters. The van der Waals surface area contributed by atoms with Crippen LogP contribution in [-0.4, -0.2) is 19.3 Å². The van der Waals surface area contributed by atoms with Crippen LogP contribution in [0.2, 0.25) is 0 Å². The van der Waals surface area contributed by atoms with Crippen molar-refractivity contribution < 1.29 is 4.74 Å². The number of hydrogen-bond donors (Lipinski definition) is 1. The Labute approximate surface area is 94.6 Å². The number of methoxy groups -OCH3 is 1. The van der Waals surface area contributed by atoms with Crippen LogP contribution >= 0.6 is 0 Å². The van der Waals surface area contributed by atoms with Crippen molar-refractivity contribution in [3.63, 3.8) is 0 Å². The van der Waals surface area contributed by atoms with Gasteiger partial charge in [-0.2, -0.15) is 0 Å². The molecule has 0 radical (unpaired) electrons. The second kappa shape index (κ2) is 5.31. The lowest BCUT2D eigenvalue weighted by atomic mass is 9.68. The third-order valence-electron chi connectivity index (χ3n) is 4.06. The van der Waals surface area contributed by atoms with Crippen molar-refractivity contribution in [2.75, 3.05) is 13.7 Å². The molecule has 0 spiro atoms. The molecule has 1 aliphatic rings. The van der Waals surface area contributed by atoms with Crippen LogP contribution < -0.4 is 5.73 Å². The zero-order chi connectivity index (χ0) is 11.5. The highest BCUT2D eigenvalue weighted by Gasteiger charge is 2.37. The summed E-state index contributed by atoms with van der Waals surface area (Å²) >= 11 is 0. The van der Waals surface area contributed by atoms with Gasteiger partial charge in [-0.15, -0.1) is 0 Å². The summed E-state index contributed by atoms with van der Waals surface area (Å²) in [5, 5.41) is 0. The van der Waals surface area contributed by atoms with E-state index >= 15 is 0 Å². The van der Waals surface area contributed by atoms with Gasteiger partial charge in [0, 0.05) is 12.6 Å². The first kappa shape index (κ1) is 13.0. The minimum Gasteiger partial charge on any atom is -0.383 e. The van der Waals surface area contributed by atoms with E-state index in [2.05, 4.69) is 20.8 Å². The summed E-state index contributed by atoms with van der Waals surface area (Å²) in [6, 6.07) is 0. The molecule has 1 saturated carbocycles. The Balaban J connectivity index is 2.66. The SMILES string of the molecule is CCC(N)(COC)C1CC(C)CC(C)C1. The predicted molar refractivity (Wildman–Crippen MR) is 64.8 cm³/mol. The van der Waals surface area contributed by atoms with Crippen molar-refractivity contribution in [2.45, 2.75) is 52.0 Å². The highest BCUT2D eigenvalue weighted by atomic mass is 16.5. The van der Waals surface area contributed by atoms with Crippen LogP contribution in [0.4, 0.5) is 0 Å². The van der Waals surface area contributed by atoms with E-state index in [1.54, 1.807) is 7.11 Å². The maximum atomic E-state index is 6.48. The van der Waals surface area contributed by atoms with Gasteiger partial charge < -0.3 is 10.5 Å². The summed E-state index contributed by atoms with van der Waals surface area (Å²) in [4.78, 5) is 0. The van der Waals surface area contributed by atoms with Crippen molar-refractivity contribution in [2.24, 2.45) is 23.5 Å². The average Bonchev–Trinajstić information content (AvgIpc) is 2.16. The fourth-order valence-electron chi connectivity index (χ4n) is 3.19. The molecule has 2 heteroatoms. The second-order valence-electron chi connectivity index (χ2n) is 5.63. The molecule has 1 aliphatic carbocycles. The zero-order valence-electron chi connectivity index (χ0n) is 10.8. The van der Waals surface area contributed by atoms with Crippen molar-refractivity contribution in [3.8, 4) is 0 Å². The van der Waals surface area contributed by atoms with E-state index < -0.39 is 0 Å². The van der Waals surface area contributed by atoms with Crippen LogP contribution in [0, 0.1) is 17.8 Å². The molecule has 1 fully saturated rings. The lowest BCUT2D eigenvalue weighted by Gasteiger charge is -2.42. The monoisotopic (exact) mass is 213 g/mol. The van der Waals surface area contributed by atoms with Gasteiger partial charge in [0.05, 0.1) is 6.61 Å². The second-order valence-corrected chi connectivity index (χ2v) is 5.63. The van der Waals surface area contributed by atoms with E-state index in [0.29, 0.717) is 12.5 Å². The molecule has 0 amide bonds. The minimum absolute atomic E-state index is 0.0995. The van der Waals surface area contributed by atoms with Crippen molar-refractivity contribution >= 4 is 0 Å². The van der Waals surface area contributed by atoms with Crippen LogP contribution in [0.3, 0.4) is 0 Å². The normalized spacial score (nSPS) is 36.2. The fourth-order valence-corrected chi connectivity index (χ4v) is 3.19. The smallest absolute Gasteiger partial charge is 0.0645 e. The molecule has 15 heavy (non-hydrogen) atoms. The van der Waals surface area contributed by atoms with Gasteiger partial charge in [0.2, 0.25) is 0 Å². The first-order valence-corrected chi connectivity index (χ1v) is 6.29. The number of nitrogens with two attached hydrogens (primary N) is 1. The maximum Gasteiger partial charge on any atom is 0.0645 e. The van der Waals surface area contributed by atoms with E-state index in [1.807, 2.05) is 0 Å². The van der Waals surface area contributed by atoms with E-state index in [0.717, 1.165) is 18.3 Å². The molecule has 3 atom stereocenters. The molecular formula is C13H27NO. The summed E-state index contributed by atoms with van der Waals surface area (Å²) in [6.45, 7) is 7.59. The Morgan fingerprint density at radius 2 is 1.73 bits per heavy atom. The standard InChI is InChI=1S/C13H27NO/c1-5-13(14,9-15-4)12-7-10(2)6-11(3)8-12/h10-12H,5-9,14H2,1-4H3. The quantitative estimate of drug-likeness (QED) is 0.779. The molecule has 0 heterocycles. The summed E-state index contributed by atoms with van der Waals surface area (Å²) in [6.07, 6.45) is 4.93. The van der Waals surface area contributed by atoms with Crippen molar-refractivity contribution in [1.29, 1.82) is 0 Å². The molecule has 0 aromatic rings.